The lowest BCUT2D eigenvalue weighted by atomic mass is 10.2. The van der Waals surface area contributed by atoms with Crippen molar-refractivity contribution in [1.29, 1.82) is 0 Å². The van der Waals surface area contributed by atoms with Gasteiger partial charge in [-0.3, -0.25) is 0 Å². The largest absolute Gasteiger partial charge is 0.505 e. The normalized spacial score (nSPS) is 12.6. The highest BCUT2D eigenvalue weighted by atomic mass is 35.5. The third-order valence-corrected chi connectivity index (χ3v) is 1.63. The Kier molecular flexibility index (Phi) is 5.12. The monoisotopic (exact) mass is 166 g/mol. The fourth-order valence-corrected chi connectivity index (χ4v) is 0.567. The van der Waals surface area contributed by atoms with Gasteiger partial charge in [0.05, 0.1) is 6.61 Å². The predicted molar refractivity (Wildman–Crippen MR) is 38.5 cm³/mol. The summed E-state index contributed by atoms with van der Waals surface area (Å²) in [6, 6.07) is 0. The number of hydrogen-bond donors (Lipinski definition) is 1. The van der Waals surface area contributed by atoms with Crippen molar-refractivity contribution in [2.45, 2.75) is 25.1 Å². The number of carboxylic acid groups (broad SMARTS) is 1. The van der Waals surface area contributed by atoms with Crippen LogP contribution in [0.3, 0.4) is 0 Å². The Morgan fingerprint density at radius 2 is 2.40 bits per heavy atom. The van der Waals surface area contributed by atoms with E-state index in [-0.39, 0.29) is 12.0 Å². The van der Waals surface area contributed by atoms with Gasteiger partial charge < -0.3 is 9.84 Å². The first-order chi connectivity index (χ1) is 4.66. The summed E-state index contributed by atoms with van der Waals surface area (Å²) in [5.74, 6) is 0. The van der Waals surface area contributed by atoms with Crippen molar-refractivity contribution in [1.82, 2.24) is 0 Å². The van der Waals surface area contributed by atoms with Crippen LogP contribution in [-0.2, 0) is 4.74 Å². The summed E-state index contributed by atoms with van der Waals surface area (Å²) in [4.78, 5) is 9.80. The van der Waals surface area contributed by atoms with E-state index in [4.69, 9.17) is 16.7 Å². The summed E-state index contributed by atoms with van der Waals surface area (Å²) in [6.07, 6.45) is 0.189. The quantitative estimate of drug-likeness (QED) is 0.514. The molecule has 0 aliphatic heterocycles. The molecular weight excluding hydrogens is 156 g/mol. The van der Waals surface area contributed by atoms with Gasteiger partial charge in [-0.15, -0.1) is 11.6 Å². The zero-order chi connectivity index (χ0) is 7.98. The van der Waals surface area contributed by atoms with Crippen molar-refractivity contribution in [3.63, 3.8) is 0 Å². The van der Waals surface area contributed by atoms with E-state index in [2.05, 4.69) is 4.74 Å². The smallest absolute Gasteiger partial charge is 0.450 e. The van der Waals surface area contributed by atoms with Crippen LogP contribution >= 0.6 is 11.6 Å². The molecule has 3 nitrogen and oxygen atoms in total. The number of ether oxygens (including phenoxy) is 1. The molecule has 0 aliphatic rings. The maximum Gasteiger partial charge on any atom is 0.505 e. The van der Waals surface area contributed by atoms with Gasteiger partial charge in [-0.2, -0.15) is 0 Å². The van der Waals surface area contributed by atoms with E-state index < -0.39 is 6.16 Å². The molecule has 0 fully saturated rings. The lowest BCUT2D eigenvalue weighted by Crippen LogP contribution is -2.06. The van der Waals surface area contributed by atoms with E-state index in [0.717, 1.165) is 6.42 Å². The molecule has 0 aliphatic carbocycles. The first kappa shape index (κ1) is 9.56. The first-order valence-electron chi connectivity index (χ1n) is 3.16. The highest BCUT2D eigenvalue weighted by Gasteiger charge is 2.02. The van der Waals surface area contributed by atoms with Crippen LogP contribution in [0.5, 0.6) is 0 Å². The summed E-state index contributed by atoms with van der Waals surface area (Å²) in [6.45, 7) is 2.13. The summed E-state index contributed by atoms with van der Waals surface area (Å²) in [5, 5.41) is 8.06. The van der Waals surface area contributed by atoms with Gasteiger partial charge in [-0.05, 0) is 12.8 Å². The van der Waals surface area contributed by atoms with Crippen LogP contribution in [0.2, 0.25) is 0 Å². The van der Waals surface area contributed by atoms with Gasteiger partial charge in [0.2, 0.25) is 0 Å². The van der Waals surface area contributed by atoms with Gasteiger partial charge in [0.25, 0.3) is 0 Å². The standard InChI is InChI=1S/C6H11ClO3/c1-2-5(7)3-4-10-6(8)9/h5H,2-4H2,1H3,(H,8,9). The van der Waals surface area contributed by atoms with Gasteiger partial charge in [0.15, 0.2) is 0 Å². The number of halogens is 1. The Labute approximate surface area is 64.9 Å². The van der Waals surface area contributed by atoms with Crippen molar-refractivity contribution in [2.75, 3.05) is 6.61 Å². The molecule has 0 aromatic rings. The molecule has 0 rings (SSSR count). The number of alkyl halides is 1. The molecule has 0 saturated heterocycles. The second kappa shape index (κ2) is 5.35. The molecule has 0 bridgehead atoms. The van der Waals surface area contributed by atoms with Crippen molar-refractivity contribution < 1.29 is 14.6 Å². The van der Waals surface area contributed by atoms with Crippen LogP contribution in [0.15, 0.2) is 0 Å². The van der Waals surface area contributed by atoms with E-state index in [1.54, 1.807) is 0 Å². The molecule has 0 heterocycles. The number of carbonyl (C=O) groups is 1. The molecule has 0 amide bonds. The maximum atomic E-state index is 9.80. The minimum atomic E-state index is -1.24. The zero-order valence-corrected chi connectivity index (χ0v) is 6.60. The Bertz CT molecular complexity index is 105. The Hall–Kier alpha value is -0.440. The average Bonchev–Trinajstić information content (AvgIpc) is 1.87. The second-order valence-electron chi connectivity index (χ2n) is 1.91. The van der Waals surface area contributed by atoms with Crippen molar-refractivity contribution >= 4 is 17.8 Å². The molecule has 0 spiro atoms. The molecule has 0 saturated carbocycles. The number of hydrogen-bond acceptors (Lipinski definition) is 2. The minimum absolute atomic E-state index is 0.0272. The van der Waals surface area contributed by atoms with Gasteiger partial charge in [0, 0.05) is 5.38 Å². The minimum Gasteiger partial charge on any atom is -0.450 e. The van der Waals surface area contributed by atoms with E-state index in [9.17, 15) is 4.79 Å². The summed E-state index contributed by atoms with van der Waals surface area (Å²) < 4.78 is 4.25. The van der Waals surface area contributed by atoms with Gasteiger partial charge in [-0.1, -0.05) is 6.92 Å². The van der Waals surface area contributed by atoms with Gasteiger partial charge in [0.1, 0.15) is 0 Å². The van der Waals surface area contributed by atoms with Crippen molar-refractivity contribution in [3.8, 4) is 0 Å². The highest BCUT2D eigenvalue weighted by molar-refractivity contribution is 6.20. The summed E-state index contributed by atoms with van der Waals surface area (Å²) in [7, 11) is 0. The van der Waals surface area contributed by atoms with Crippen LogP contribution in [0.4, 0.5) is 4.79 Å². The van der Waals surface area contributed by atoms with Crippen LogP contribution in [0.1, 0.15) is 19.8 Å². The molecule has 10 heavy (non-hydrogen) atoms. The predicted octanol–water partition coefficient (Wildman–Crippen LogP) is 2.09. The topological polar surface area (TPSA) is 46.5 Å². The zero-order valence-electron chi connectivity index (χ0n) is 5.84. The molecule has 1 N–H and O–H groups in total. The lowest BCUT2D eigenvalue weighted by molar-refractivity contribution is 0.0903. The molecule has 0 aromatic carbocycles. The first-order valence-corrected chi connectivity index (χ1v) is 3.60. The molecular formula is C6H11ClO3. The second-order valence-corrected chi connectivity index (χ2v) is 2.53. The summed E-state index contributed by atoms with van der Waals surface area (Å²) in [5.41, 5.74) is 0. The SMILES string of the molecule is CCC(Cl)CCOC(=O)O. The maximum absolute atomic E-state index is 9.80. The van der Waals surface area contributed by atoms with Crippen molar-refractivity contribution in [3.05, 3.63) is 0 Å². The molecule has 1 atom stereocenters. The molecule has 0 aromatic heterocycles. The van der Waals surface area contributed by atoms with Crippen LogP contribution < -0.4 is 0 Å². The Morgan fingerprint density at radius 3 is 2.80 bits per heavy atom. The van der Waals surface area contributed by atoms with Crippen LogP contribution in [0, 0.1) is 0 Å². The van der Waals surface area contributed by atoms with Crippen LogP contribution in [0.25, 0.3) is 0 Å². The average molecular weight is 167 g/mol. The van der Waals surface area contributed by atoms with E-state index in [0.29, 0.717) is 6.42 Å². The molecule has 0 radical (unpaired) electrons. The molecule has 60 valence electrons. The lowest BCUT2D eigenvalue weighted by Gasteiger charge is -2.03. The number of rotatable bonds is 4. The highest BCUT2D eigenvalue weighted by Crippen LogP contribution is 2.05. The Morgan fingerprint density at radius 1 is 1.80 bits per heavy atom. The molecule has 4 heteroatoms. The third kappa shape index (κ3) is 5.69. The fourth-order valence-electron chi connectivity index (χ4n) is 0.478. The molecule has 1 unspecified atom stereocenters. The van der Waals surface area contributed by atoms with E-state index in [1.165, 1.54) is 0 Å². The van der Waals surface area contributed by atoms with Gasteiger partial charge >= 0.3 is 6.16 Å². The summed E-state index contributed by atoms with van der Waals surface area (Å²) >= 11 is 5.68. The fraction of sp³-hybridized carbons (Fsp3) is 0.833. The van der Waals surface area contributed by atoms with E-state index in [1.807, 2.05) is 6.92 Å². The third-order valence-electron chi connectivity index (χ3n) is 1.10. The Balaban J connectivity index is 3.11. The van der Waals surface area contributed by atoms with E-state index >= 15 is 0 Å². The van der Waals surface area contributed by atoms with Crippen LogP contribution in [-0.4, -0.2) is 23.2 Å². The van der Waals surface area contributed by atoms with Crippen molar-refractivity contribution in [2.24, 2.45) is 0 Å². The van der Waals surface area contributed by atoms with Gasteiger partial charge in [-0.25, -0.2) is 4.79 Å².